The van der Waals surface area contributed by atoms with E-state index in [1.54, 1.807) is 23.1 Å². The largest absolute Gasteiger partial charge is 0.333 e. The second-order valence-corrected chi connectivity index (χ2v) is 5.85. The molecule has 1 fully saturated rings. The van der Waals surface area contributed by atoms with Crippen molar-refractivity contribution in [1.29, 1.82) is 0 Å². The van der Waals surface area contributed by atoms with E-state index >= 15 is 0 Å². The summed E-state index contributed by atoms with van der Waals surface area (Å²) in [4.78, 5) is 25.7. The Bertz CT molecular complexity index is 761. The quantitative estimate of drug-likeness (QED) is 0.910. The maximum atomic E-state index is 13.0. The number of urea groups is 1. The number of nitrogens with one attached hydrogen (secondary N) is 2. The summed E-state index contributed by atoms with van der Waals surface area (Å²) < 4.78 is 13.0. The molecule has 3 rings (SSSR count). The summed E-state index contributed by atoms with van der Waals surface area (Å²) in [5.74, 6) is -0.444. The fourth-order valence-electron chi connectivity index (χ4n) is 2.75. The first kappa shape index (κ1) is 16.0. The Kier molecular flexibility index (Phi) is 4.46. The molecule has 1 atom stereocenters. The van der Waals surface area contributed by atoms with Crippen LogP contribution in [0, 0.1) is 12.7 Å². The molecule has 124 valence electrons. The van der Waals surface area contributed by atoms with Crippen molar-refractivity contribution >= 4 is 23.3 Å². The van der Waals surface area contributed by atoms with Gasteiger partial charge in [0.05, 0.1) is 6.04 Å². The zero-order valence-electron chi connectivity index (χ0n) is 13.3. The van der Waals surface area contributed by atoms with Gasteiger partial charge in [0.1, 0.15) is 5.82 Å². The van der Waals surface area contributed by atoms with Crippen LogP contribution in [-0.4, -0.2) is 24.5 Å². The molecule has 0 saturated carbocycles. The second kappa shape index (κ2) is 6.70. The van der Waals surface area contributed by atoms with Gasteiger partial charge >= 0.3 is 6.03 Å². The number of nitrogens with zero attached hydrogens (tertiary/aromatic N) is 1. The Morgan fingerprint density at radius 3 is 2.67 bits per heavy atom. The normalized spacial score (nSPS) is 17.0. The summed E-state index contributed by atoms with van der Waals surface area (Å²) in [6, 6.07) is 12.6. The summed E-state index contributed by atoms with van der Waals surface area (Å²) >= 11 is 0. The predicted octanol–water partition coefficient (Wildman–Crippen LogP) is 3.06. The van der Waals surface area contributed by atoms with Gasteiger partial charge in [0.25, 0.3) is 0 Å². The van der Waals surface area contributed by atoms with Crippen LogP contribution < -0.4 is 15.5 Å². The fraction of sp³-hybridized carbons (Fsp3) is 0.222. The SMILES string of the molecule is Cc1cccc(NC(=O)N[C@@H]2CC(=O)N(c3ccc(F)cc3)C2)c1. The van der Waals surface area contributed by atoms with Gasteiger partial charge in [-0.15, -0.1) is 0 Å². The van der Waals surface area contributed by atoms with Crippen molar-refractivity contribution in [3.63, 3.8) is 0 Å². The first-order chi connectivity index (χ1) is 11.5. The van der Waals surface area contributed by atoms with E-state index in [1.165, 1.54) is 12.1 Å². The minimum Gasteiger partial charge on any atom is -0.333 e. The molecule has 24 heavy (non-hydrogen) atoms. The molecule has 0 aliphatic carbocycles. The number of aryl methyl sites for hydroxylation is 1. The van der Waals surface area contributed by atoms with Gasteiger partial charge in [-0.2, -0.15) is 0 Å². The molecule has 2 N–H and O–H groups in total. The number of rotatable bonds is 3. The molecular weight excluding hydrogens is 309 g/mol. The highest BCUT2D eigenvalue weighted by Crippen LogP contribution is 2.22. The molecule has 0 radical (unpaired) electrons. The number of carbonyl (C=O) groups excluding carboxylic acids is 2. The number of amides is 3. The lowest BCUT2D eigenvalue weighted by Gasteiger charge is -2.17. The summed E-state index contributed by atoms with van der Waals surface area (Å²) in [6.07, 6.45) is 0.221. The monoisotopic (exact) mass is 327 g/mol. The van der Waals surface area contributed by atoms with Crippen LogP contribution in [0.3, 0.4) is 0 Å². The average molecular weight is 327 g/mol. The fourth-order valence-corrected chi connectivity index (χ4v) is 2.75. The number of anilines is 2. The van der Waals surface area contributed by atoms with Crippen molar-refractivity contribution in [2.45, 2.75) is 19.4 Å². The van der Waals surface area contributed by atoms with Crippen LogP contribution >= 0.6 is 0 Å². The summed E-state index contributed by atoms with van der Waals surface area (Å²) in [7, 11) is 0. The van der Waals surface area contributed by atoms with E-state index in [-0.39, 0.29) is 30.2 Å². The number of hydrogen-bond donors (Lipinski definition) is 2. The van der Waals surface area contributed by atoms with Crippen molar-refractivity contribution in [1.82, 2.24) is 5.32 Å². The molecule has 6 heteroatoms. The number of carbonyl (C=O) groups is 2. The van der Waals surface area contributed by atoms with Crippen molar-refractivity contribution in [2.24, 2.45) is 0 Å². The van der Waals surface area contributed by atoms with Crippen LogP contribution in [0.4, 0.5) is 20.6 Å². The Balaban J connectivity index is 1.59. The van der Waals surface area contributed by atoms with E-state index in [9.17, 15) is 14.0 Å². The topological polar surface area (TPSA) is 61.4 Å². The van der Waals surface area contributed by atoms with Gasteiger partial charge in [0.2, 0.25) is 5.91 Å². The zero-order valence-corrected chi connectivity index (χ0v) is 13.3. The van der Waals surface area contributed by atoms with E-state index in [0.29, 0.717) is 17.9 Å². The third-order valence-corrected chi connectivity index (χ3v) is 3.87. The number of benzene rings is 2. The van der Waals surface area contributed by atoms with Gasteiger partial charge in [0.15, 0.2) is 0 Å². The molecular formula is C18H18FN3O2. The smallest absolute Gasteiger partial charge is 0.319 e. The van der Waals surface area contributed by atoms with Crippen LogP contribution in [-0.2, 0) is 4.79 Å². The van der Waals surface area contributed by atoms with Gasteiger partial charge in [0, 0.05) is 24.3 Å². The van der Waals surface area contributed by atoms with Crippen LogP contribution in [0.25, 0.3) is 0 Å². The van der Waals surface area contributed by atoms with E-state index in [1.807, 2.05) is 25.1 Å². The lowest BCUT2D eigenvalue weighted by atomic mass is 10.2. The zero-order chi connectivity index (χ0) is 17.1. The highest BCUT2D eigenvalue weighted by atomic mass is 19.1. The van der Waals surface area contributed by atoms with Crippen molar-refractivity contribution in [2.75, 3.05) is 16.8 Å². The lowest BCUT2D eigenvalue weighted by molar-refractivity contribution is -0.117. The third kappa shape index (κ3) is 3.71. The molecule has 5 nitrogen and oxygen atoms in total. The van der Waals surface area contributed by atoms with E-state index in [2.05, 4.69) is 10.6 Å². The van der Waals surface area contributed by atoms with Gasteiger partial charge in [-0.05, 0) is 48.9 Å². The first-order valence-corrected chi connectivity index (χ1v) is 7.71. The molecule has 2 aromatic rings. The summed E-state index contributed by atoms with van der Waals surface area (Å²) in [6.45, 7) is 2.31. The van der Waals surface area contributed by atoms with Crippen molar-refractivity contribution in [3.8, 4) is 0 Å². The van der Waals surface area contributed by atoms with E-state index in [4.69, 9.17) is 0 Å². The van der Waals surface area contributed by atoms with Crippen LogP contribution in [0.15, 0.2) is 48.5 Å². The van der Waals surface area contributed by atoms with Crippen LogP contribution in [0.1, 0.15) is 12.0 Å². The summed E-state index contributed by atoms with van der Waals surface area (Å²) in [5, 5.41) is 5.56. The van der Waals surface area contributed by atoms with Gasteiger partial charge in [-0.25, -0.2) is 9.18 Å². The Hall–Kier alpha value is -2.89. The van der Waals surface area contributed by atoms with Crippen molar-refractivity contribution < 1.29 is 14.0 Å². The average Bonchev–Trinajstić information content (AvgIpc) is 2.88. The molecule has 0 spiro atoms. The van der Waals surface area contributed by atoms with E-state index < -0.39 is 0 Å². The second-order valence-electron chi connectivity index (χ2n) is 5.85. The number of hydrogen-bond acceptors (Lipinski definition) is 2. The van der Waals surface area contributed by atoms with Crippen LogP contribution in [0.5, 0.6) is 0 Å². The minimum absolute atomic E-state index is 0.0949. The Labute approximate surface area is 139 Å². The molecule has 0 bridgehead atoms. The summed E-state index contributed by atoms with van der Waals surface area (Å²) in [5.41, 5.74) is 2.38. The first-order valence-electron chi connectivity index (χ1n) is 7.71. The van der Waals surface area contributed by atoms with Gasteiger partial charge in [-0.1, -0.05) is 12.1 Å². The lowest BCUT2D eigenvalue weighted by Crippen LogP contribution is -2.39. The molecule has 0 aromatic heterocycles. The Morgan fingerprint density at radius 1 is 1.21 bits per heavy atom. The molecule has 1 saturated heterocycles. The highest BCUT2D eigenvalue weighted by molar-refractivity contribution is 5.97. The predicted molar refractivity (Wildman–Crippen MR) is 90.5 cm³/mol. The number of halogens is 1. The van der Waals surface area contributed by atoms with Gasteiger partial charge < -0.3 is 15.5 Å². The van der Waals surface area contributed by atoms with Crippen molar-refractivity contribution in [3.05, 3.63) is 59.9 Å². The Morgan fingerprint density at radius 2 is 1.96 bits per heavy atom. The minimum atomic E-state index is -0.349. The highest BCUT2D eigenvalue weighted by Gasteiger charge is 2.31. The van der Waals surface area contributed by atoms with E-state index in [0.717, 1.165) is 5.56 Å². The van der Waals surface area contributed by atoms with Crippen LogP contribution in [0.2, 0.25) is 0 Å². The maximum absolute atomic E-state index is 13.0. The third-order valence-electron chi connectivity index (χ3n) is 3.87. The molecule has 2 aromatic carbocycles. The molecule has 1 aliphatic heterocycles. The van der Waals surface area contributed by atoms with Gasteiger partial charge in [-0.3, -0.25) is 4.79 Å². The molecule has 0 unspecified atom stereocenters. The maximum Gasteiger partial charge on any atom is 0.319 e. The standard InChI is InChI=1S/C18H18FN3O2/c1-12-3-2-4-14(9-12)20-18(24)21-15-10-17(23)22(11-15)16-7-5-13(19)6-8-16/h2-9,15H,10-11H2,1H3,(H2,20,21,24)/t15-/m1/s1. The molecule has 3 amide bonds. The molecule has 1 heterocycles. The molecule has 1 aliphatic rings.